The molecule has 1 N–H and O–H groups in total. The summed E-state index contributed by atoms with van der Waals surface area (Å²) in [5.74, 6) is 0.683. The Hall–Kier alpha value is -2.30. The topological polar surface area (TPSA) is 52.7 Å². The van der Waals surface area contributed by atoms with Crippen LogP contribution in [0.2, 0.25) is 0 Å². The molecule has 1 aliphatic carbocycles. The van der Waals surface area contributed by atoms with E-state index in [1.165, 1.54) is 18.5 Å². The van der Waals surface area contributed by atoms with Crippen LogP contribution in [-0.4, -0.2) is 32.7 Å². The second-order valence-corrected chi connectivity index (χ2v) is 6.52. The second kappa shape index (κ2) is 5.72. The van der Waals surface area contributed by atoms with E-state index in [9.17, 15) is 9.59 Å². The standard InChI is InChI=1S/C18H21N3O2/c22-17-15(19-12-13-6-7-13)16(18(17)23)21-10-8-20(9-11-21)14-4-2-1-3-5-14/h1-5,13,19H,6-12H2. The minimum atomic E-state index is -0.342. The van der Waals surface area contributed by atoms with Gasteiger partial charge in [-0.05, 0) is 30.9 Å². The minimum absolute atomic E-state index is 0.323. The Balaban J connectivity index is 1.43. The van der Waals surface area contributed by atoms with Crippen molar-refractivity contribution in [1.29, 1.82) is 0 Å². The van der Waals surface area contributed by atoms with Crippen LogP contribution in [0.1, 0.15) is 12.8 Å². The third kappa shape index (κ3) is 2.71. The number of para-hydroxylation sites is 1. The fraction of sp³-hybridized carbons (Fsp3) is 0.444. The zero-order valence-corrected chi connectivity index (χ0v) is 13.1. The van der Waals surface area contributed by atoms with Crippen LogP contribution in [0, 0.1) is 5.92 Å². The van der Waals surface area contributed by atoms with Crippen LogP contribution in [0.4, 0.5) is 17.1 Å². The van der Waals surface area contributed by atoms with Gasteiger partial charge in [0.05, 0.1) is 0 Å². The van der Waals surface area contributed by atoms with Gasteiger partial charge in [0.1, 0.15) is 11.4 Å². The number of hydrogen-bond donors (Lipinski definition) is 1. The van der Waals surface area contributed by atoms with E-state index in [0.717, 1.165) is 32.7 Å². The molecule has 2 aromatic carbocycles. The van der Waals surface area contributed by atoms with Crippen molar-refractivity contribution in [3.8, 4) is 0 Å². The lowest BCUT2D eigenvalue weighted by Crippen LogP contribution is -2.51. The van der Waals surface area contributed by atoms with Gasteiger partial charge >= 0.3 is 0 Å². The molecule has 2 aliphatic rings. The summed E-state index contributed by atoms with van der Waals surface area (Å²) in [7, 11) is 0. The first-order valence-electron chi connectivity index (χ1n) is 8.36. The molecule has 4 rings (SSSR count). The second-order valence-electron chi connectivity index (χ2n) is 6.52. The van der Waals surface area contributed by atoms with Gasteiger partial charge in [-0.2, -0.15) is 0 Å². The number of hydrogen-bond acceptors (Lipinski definition) is 5. The summed E-state index contributed by atoms with van der Waals surface area (Å²) < 4.78 is 0. The predicted molar refractivity (Wildman–Crippen MR) is 93.4 cm³/mol. The summed E-state index contributed by atoms with van der Waals surface area (Å²) in [6.07, 6.45) is 2.46. The molecule has 0 aromatic heterocycles. The van der Waals surface area contributed by atoms with Gasteiger partial charge in [-0.1, -0.05) is 18.2 Å². The Kier molecular flexibility index (Phi) is 3.56. The Morgan fingerprint density at radius 2 is 1.57 bits per heavy atom. The van der Waals surface area contributed by atoms with Crippen molar-refractivity contribution in [1.82, 2.24) is 0 Å². The molecular weight excluding hydrogens is 290 g/mol. The Labute approximate surface area is 135 Å². The van der Waals surface area contributed by atoms with Crippen LogP contribution in [0.3, 0.4) is 0 Å². The molecule has 1 saturated heterocycles. The highest BCUT2D eigenvalue weighted by molar-refractivity contribution is 5.75. The molecule has 5 heteroatoms. The SMILES string of the molecule is O=c1c(NCC2CC2)c(N2CCN(c3ccccc3)CC2)c1=O. The fourth-order valence-electron chi connectivity index (χ4n) is 3.24. The van der Waals surface area contributed by atoms with Crippen molar-refractivity contribution in [2.75, 3.05) is 47.8 Å². The maximum Gasteiger partial charge on any atom is 0.253 e. The number of nitrogens with one attached hydrogen (secondary N) is 1. The van der Waals surface area contributed by atoms with Gasteiger partial charge in [0.2, 0.25) is 0 Å². The first kappa shape index (κ1) is 14.3. The molecule has 5 nitrogen and oxygen atoms in total. The van der Waals surface area contributed by atoms with E-state index in [2.05, 4.69) is 27.2 Å². The van der Waals surface area contributed by atoms with E-state index < -0.39 is 0 Å². The van der Waals surface area contributed by atoms with Crippen molar-refractivity contribution in [2.24, 2.45) is 5.92 Å². The summed E-state index contributed by atoms with van der Waals surface area (Å²) >= 11 is 0. The van der Waals surface area contributed by atoms with E-state index in [1.807, 2.05) is 18.2 Å². The maximum atomic E-state index is 12.0. The Morgan fingerprint density at radius 1 is 0.913 bits per heavy atom. The van der Waals surface area contributed by atoms with E-state index in [1.54, 1.807) is 0 Å². The lowest BCUT2D eigenvalue weighted by atomic mass is 10.1. The summed E-state index contributed by atoms with van der Waals surface area (Å²) in [6, 6.07) is 10.3. The molecule has 1 aliphatic heterocycles. The molecule has 0 bridgehead atoms. The molecule has 0 atom stereocenters. The molecule has 0 spiro atoms. The van der Waals surface area contributed by atoms with Crippen LogP contribution < -0.4 is 26.0 Å². The average Bonchev–Trinajstić information content (AvgIpc) is 3.43. The summed E-state index contributed by atoms with van der Waals surface area (Å²) in [6.45, 7) is 4.10. The molecule has 1 heterocycles. The lowest BCUT2D eigenvalue weighted by Gasteiger charge is -2.38. The molecule has 23 heavy (non-hydrogen) atoms. The zero-order chi connectivity index (χ0) is 15.8. The van der Waals surface area contributed by atoms with Crippen LogP contribution in [0.15, 0.2) is 39.9 Å². The number of anilines is 3. The third-order valence-corrected chi connectivity index (χ3v) is 4.87. The van der Waals surface area contributed by atoms with Crippen molar-refractivity contribution in [3.05, 3.63) is 50.8 Å². The zero-order valence-electron chi connectivity index (χ0n) is 13.1. The minimum Gasteiger partial charge on any atom is -0.380 e. The summed E-state index contributed by atoms with van der Waals surface area (Å²) in [4.78, 5) is 28.2. The number of nitrogens with zero attached hydrogens (tertiary/aromatic N) is 2. The number of rotatable bonds is 5. The quantitative estimate of drug-likeness (QED) is 0.847. The monoisotopic (exact) mass is 311 g/mol. The largest absolute Gasteiger partial charge is 0.380 e. The van der Waals surface area contributed by atoms with Crippen molar-refractivity contribution < 1.29 is 0 Å². The van der Waals surface area contributed by atoms with E-state index in [4.69, 9.17) is 0 Å². The Morgan fingerprint density at radius 3 is 2.22 bits per heavy atom. The van der Waals surface area contributed by atoms with Crippen LogP contribution >= 0.6 is 0 Å². The van der Waals surface area contributed by atoms with Gasteiger partial charge < -0.3 is 15.1 Å². The molecule has 0 amide bonds. The molecular formula is C18H21N3O2. The van der Waals surface area contributed by atoms with Crippen LogP contribution in [0.25, 0.3) is 0 Å². The van der Waals surface area contributed by atoms with Gasteiger partial charge in [-0.3, -0.25) is 9.59 Å². The third-order valence-electron chi connectivity index (χ3n) is 4.87. The van der Waals surface area contributed by atoms with Crippen LogP contribution in [-0.2, 0) is 0 Å². The molecule has 2 aromatic rings. The van der Waals surface area contributed by atoms with Crippen molar-refractivity contribution >= 4 is 17.1 Å². The van der Waals surface area contributed by atoms with Crippen molar-refractivity contribution in [3.63, 3.8) is 0 Å². The Bertz CT molecular complexity index is 752. The molecule has 2 fully saturated rings. The predicted octanol–water partition coefficient (Wildman–Crippen LogP) is 1.43. The summed E-state index contributed by atoms with van der Waals surface area (Å²) in [5.41, 5.74) is 1.71. The van der Waals surface area contributed by atoms with Gasteiger partial charge in [-0.25, -0.2) is 0 Å². The number of benzene rings is 1. The highest BCUT2D eigenvalue weighted by Crippen LogP contribution is 2.30. The lowest BCUT2D eigenvalue weighted by molar-refractivity contribution is 0.650. The summed E-state index contributed by atoms with van der Waals surface area (Å²) in [5, 5.41) is 3.21. The average molecular weight is 311 g/mol. The van der Waals surface area contributed by atoms with E-state index in [-0.39, 0.29) is 10.9 Å². The molecule has 1 saturated carbocycles. The number of piperazine rings is 1. The van der Waals surface area contributed by atoms with Crippen LogP contribution in [0.5, 0.6) is 0 Å². The first-order chi connectivity index (χ1) is 11.2. The molecule has 0 radical (unpaired) electrons. The van der Waals surface area contributed by atoms with Gasteiger partial charge in [0.15, 0.2) is 0 Å². The van der Waals surface area contributed by atoms with E-state index in [0.29, 0.717) is 17.3 Å². The van der Waals surface area contributed by atoms with E-state index >= 15 is 0 Å². The normalized spacial score (nSPS) is 18.4. The molecule has 120 valence electrons. The van der Waals surface area contributed by atoms with Crippen molar-refractivity contribution in [2.45, 2.75) is 12.8 Å². The van der Waals surface area contributed by atoms with Gasteiger partial charge in [-0.15, -0.1) is 0 Å². The fourth-order valence-corrected chi connectivity index (χ4v) is 3.24. The van der Waals surface area contributed by atoms with Gasteiger partial charge in [0, 0.05) is 38.4 Å². The highest BCUT2D eigenvalue weighted by Gasteiger charge is 2.30. The highest BCUT2D eigenvalue weighted by atomic mass is 16.2. The maximum absolute atomic E-state index is 12.0. The first-order valence-corrected chi connectivity index (χ1v) is 8.36. The van der Waals surface area contributed by atoms with Gasteiger partial charge in [0.25, 0.3) is 10.9 Å². The molecule has 0 unspecified atom stereocenters. The smallest absolute Gasteiger partial charge is 0.253 e.